The molecule has 2 aromatic rings. The number of fused-ring (bicyclic) bond motifs is 2. The molecular weight excluding hydrogens is 258 g/mol. The highest BCUT2D eigenvalue weighted by atomic mass is 19.1. The van der Waals surface area contributed by atoms with Crippen LogP contribution < -0.4 is 9.80 Å². The Morgan fingerprint density at radius 1 is 0.750 bits per heavy atom. The molecule has 0 N–H and O–H groups in total. The van der Waals surface area contributed by atoms with Crippen LogP contribution in [0.25, 0.3) is 0 Å². The first-order chi connectivity index (χ1) is 9.54. The van der Waals surface area contributed by atoms with E-state index in [4.69, 9.17) is 0 Å². The van der Waals surface area contributed by atoms with Crippen molar-refractivity contribution in [1.82, 2.24) is 0 Å². The van der Waals surface area contributed by atoms with Crippen LogP contribution in [0.2, 0.25) is 0 Å². The Balaban J connectivity index is 2.10. The molecular formula is C16H16F2N2. The van der Waals surface area contributed by atoms with E-state index in [2.05, 4.69) is 0 Å². The number of hydrogen-bond donors (Lipinski definition) is 0. The third-order valence-electron chi connectivity index (χ3n) is 3.72. The maximum atomic E-state index is 13.4. The maximum absolute atomic E-state index is 13.4. The van der Waals surface area contributed by atoms with E-state index in [0.29, 0.717) is 13.1 Å². The minimum atomic E-state index is -0.231. The number of anilines is 2. The Bertz CT molecular complexity index is 597. The van der Waals surface area contributed by atoms with Crippen LogP contribution >= 0.6 is 0 Å². The second-order valence-electron chi connectivity index (χ2n) is 5.26. The first kappa shape index (κ1) is 12.9. The molecule has 0 atom stereocenters. The van der Waals surface area contributed by atoms with Gasteiger partial charge in [-0.05, 0) is 47.5 Å². The first-order valence-corrected chi connectivity index (χ1v) is 6.54. The fraction of sp³-hybridized carbons (Fsp3) is 0.250. The molecule has 0 unspecified atom stereocenters. The molecule has 2 nitrogen and oxygen atoms in total. The normalized spacial score (nSPS) is 14.4. The van der Waals surface area contributed by atoms with Gasteiger partial charge < -0.3 is 9.80 Å². The van der Waals surface area contributed by atoms with E-state index in [1.54, 1.807) is 24.3 Å². The van der Waals surface area contributed by atoms with Gasteiger partial charge in [-0.25, -0.2) is 8.78 Å². The van der Waals surface area contributed by atoms with E-state index in [1.807, 2.05) is 23.9 Å². The van der Waals surface area contributed by atoms with Gasteiger partial charge in [-0.1, -0.05) is 0 Å². The summed E-state index contributed by atoms with van der Waals surface area (Å²) in [4.78, 5) is 4.06. The number of benzene rings is 2. The van der Waals surface area contributed by atoms with Crippen LogP contribution in [-0.2, 0) is 13.1 Å². The Kier molecular flexibility index (Phi) is 3.08. The summed E-state index contributed by atoms with van der Waals surface area (Å²) >= 11 is 0. The summed E-state index contributed by atoms with van der Waals surface area (Å²) < 4.78 is 26.9. The van der Waals surface area contributed by atoms with E-state index < -0.39 is 0 Å². The van der Waals surface area contributed by atoms with Gasteiger partial charge in [0.05, 0.1) is 0 Å². The van der Waals surface area contributed by atoms with Crippen molar-refractivity contribution in [3.05, 3.63) is 59.2 Å². The lowest BCUT2D eigenvalue weighted by Gasteiger charge is -2.32. The molecule has 0 saturated heterocycles. The predicted molar refractivity (Wildman–Crippen MR) is 77.0 cm³/mol. The molecule has 1 aliphatic heterocycles. The molecule has 1 aliphatic rings. The average molecular weight is 274 g/mol. The Morgan fingerprint density at radius 3 is 1.55 bits per heavy atom. The zero-order chi connectivity index (χ0) is 14.3. The van der Waals surface area contributed by atoms with Crippen molar-refractivity contribution in [1.29, 1.82) is 0 Å². The second-order valence-corrected chi connectivity index (χ2v) is 5.26. The summed E-state index contributed by atoms with van der Waals surface area (Å²) in [7, 11) is 3.88. The molecule has 0 fully saturated rings. The summed E-state index contributed by atoms with van der Waals surface area (Å²) in [5, 5.41) is 0. The van der Waals surface area contributed by atoms with Crippen LogP contribution in [0.3, 0.4) is 0 Å². The van der Waals surface area contributed by atoms with Crippen LogP contribution in [0.5, 0.6) is 0 Å². The molecule has 2 aromatic carbocycles. The third-order valence-corrected chi connectivity index (χ3v) is 3.72. The monoisotopic (exact) mass is 274 g/mol. The fourth-order valence-electron chi connectivity index (χ4n) is 2.79. The summed E-state index contributed by atoms with van der Waals surface area (Å²) in [6.45, 7) is 1.19. The van der Waals surface area contributed by atoms with E-state index in [1.165, 1.54) is 12.1 Å². The topological polar surface area (TPSA) is 6.48 Å². The van der Waals surface area contributed by atoms with Crippen LogP contribution in [0.1, 0.15) is 11.1 Å². The van der Waals surface area contributed by atoms with Gasteiger partial charge in [-0.15, -0.1) is 0 Å². The van der Waals surface area contributed by atoms with Crippen molar-refractivity contribution >= 4 is 11.4 Å². The molecule has 0 radical (unpaired) electrons. The molecule has 0 aliphatic carbocycles. The number of nitrogens with zero attached hydrogens (tertiary/aromatic N) is 2. The number of hydrogen-bond acceptors (Lipinski definition) is 2. The van der Waals surface area contributed by atoms with E-state index in [-0.39, 0.29) is 11.6 Å². The summed E-state index contributed by atoms with van der Waals surface area (Å²) in [6.07, 6.45) is 0. The minimum Gasteiger partial charge on any atom is -0.370 e. The van der Waals surface area contributed by atoms with Gasteiger partial charge in [0, 0.05) is 38.6 Å². The number of rotatable bonds is 0. The molecule has 0 aromatic heterocycles. The van der Waals surface area contributed by atoms with Crippen molar-refractivity contribution in [3.63, 3.8) is 0 Å². The molecule has 0 saturated carbocycles. The summed E-state index contributed by atoms with van der Waals surface area (Å²) in [6, 6.07) is 9.62. The van der Waals surface area contributed by atoms with Gasteiger partial charge in [0.15, 0.2) is 0 Å². The standard InChI is InChI=1S/C16H16F2N2/c1-19-9-11-7-14(18)4-6-16(11)20(2)10-12-8-13(17)3-5-15(12)19/h3-8H,9-10H2,1-2H3. The first-order valence-electron chi connectivity index (χ1n) is 6.54. The molecule has 20 heavy (non-hydrogen) atoms. The predicted octanol–water partition coefficient (Wildman–Crippen LogP) is 3.55. The molecule has 104 valence electrons. The van der Waals surface area contributed by atoms with Crippen LogP contribution in [0.15, 0.2) is 36.4 Å². The lowest BCUT2D eigenvalue weighted by molar-refractivity contribution is 0.622. The minimum absolute atomic E-state index is 0.231. The van der Waals surface area contributed by atoms with Crippen molar-refractivity contribution < 1.29 is 8.78 Å². The van der Waals surface area contributed by atoms with Gasteiger partial charge in [0.1, 0.15) is 11.6 Å². The van der Waals surface area contributed by atoms with Crippen molar-refractivity contribution in [2.45, 2.75) is 13.1 Å². The van der Waals surface area contributed by atoms with E-state index in [9.17, 15) is 8.78 Å². The highest BCUT2D eigenvalue weighted by Crippen LogP contribution is 2.31. The van der Waals surface area contributed by atoms with Crippen molar-refractivity contribution in [2.75, 3.05) is 23.9 Å². The van der Waals surface area contributed by atoms with E-state index >= 15 is 0 Å². The molecule has 4 heteroatoms. The lowest BCUT2D eigenvalue weighted by atomic mass is 10.1. The third kappa shape index (κ3) is 2.22. The van der Waals surface area contributed by atoms with Crippen LogP contribution in [0, 0.1) is 11.6 Å². The molecule has 0 spiro atoms. The average Bonchev–Trinajstić information content (AvgIpc) is 2.37. The molecule has 1 heterocycles. The maximum Gasteiger partial charge on any atom is 0.123 e. The SMILES string of the molecule is CN1Cc2cc(F)ccc2N(C)Cc2cc(F)ccc21. The summed E-state index contributed by atoms with van der Waals surface area (Å²) in [5.41, 5.74) is 3.83. The zero-order valence-corrected chi connectivity index (χ0v) is 11.5. The van der Waals surface area contributed by atoms with Crippen molar-refractivity contribution in [2.24, 2.45) is 0 Å². The van der Waals surface area contributed by atoms with Gasteiger partial charge in [-0.2, -0.15) is 0 Å². The van der Waals surface area contributed by atoms with Gasteiger partial charge in [-0.3, -0.25) is 0 Å². The highest BCUT2D eigenvalue weighted by molar-refractivity contribution is 5.62. The van der Waals surface area contributed by atoms with Gasteiger partial charge >= 0.3 is 0 Å². The largest absolute Gasteiger partial charge is 0.370 e. The Hall–Kier alpha value is -2.10. The van der Waals surface area contributed by atoms with Gasteiger partial charge in [0.2, 0.25) is 0 Å². The quantitative estimate of drug-likeness (QED) is 0.725. The van der Waals surface area contributed by atoms with E-state index in [0.717, 1.165) is 22.5 Å². The second kappa shape index (κ2) is 4.78. The molecule has 3 rings (SSSR count). The smallest absolute Gasteiger partial charge is 0.123 e. The molecule has 0 bridgehead atoms. The zero-order valence-electron chi connectivity index (χ0n) is 11.5. The summed E-state index contributed by atoms with van der Waals surface area (Å²) in [5.74, 6) is -0.462. The van der Waals surface area contributed by atoms with Crippen LogP contribution in [-0.4, -0.2) is 14.1 Å². The highest BCUT2D eigenvalue weighted by Gasteiger charge is 2.18. The van der Waals surface area contributed by atoms with Crippen LogP contribution in [0.4, 0.5) is 20.2 Å². The fourth-order valence-corrected chi connectivity index (χ4v) is 2.79. The van der Waals surface area contributed by atoms with Gasteiger partial charge in [0.25, 0.3) is 0 Å². The van der Waals surface area contributed by atoms with Crippen molar-refractivity contribution in [3.8, 4) is 0 Å². The number of halogens is 2. The lowest BCUT2D eigenvalue weighted by Crippen LogP contribution is -2.27. The Morgan fingerprint density at radius 2 is 1.15 bits per heavy atom. The molecule has 0 amide bonds. The Labute approximate surface area is 117 Å².